The summed E-state index contributed by atoms with van der Waals surface area (Å²) in [6.45, 7) is 0. The molecular weight excluding hydrogens is 390 g/mol. The molecule has 11 heteroatoms. The Labute approximate surface area is 152 Å². The summed E-state index contributed by atoms with van der Waals surface area (Å²) in [6, 6.07) is 9.31. The topological polar surface area (TPSA) is 118 Å². The molecule has 2 rings (SSSR count). The molecule has 0 saturated carbocycles. The molecule has 0 bridgehead atoms. The lowest BCUT2D eigenvalue weighted by molar-refractivity contribution is -0.197. The highest BCUT2D eigenvalue weighted by Gasteiger charge is 2.39. The van der Waals surface area contributed by atoms with Crippen molar-refractivity contribution in [3.63, 3.8) is 0 Å². The van der Waals surface area contributed by atoms with Gasteiger partial charge in [-0.1, -0.05) is 39.8 Å². The maximum absolute atomic E-state index is 12.0. The second kappa shape index (κ2) is 8.70. The second-order valence-corrected chi connectivity index (χ2v) is 9.09. The van der Waals surface area contributed by atoms with Gasteiger partial charge in [-0.2, -0.15) is 8.42 Å². The van der Waals surface area contributed by atoms with Crippen LogP contribution in [0.4, 0.5) is 0 Å². The average molecular weight is 405 g/mol. The molecule has 2 amide bonds. The smallest absolute Gasteiger partial charge is 0.329 e. The van der Waals surface area contributed by atoms with Crippen LogP contribution in [-0.4, -0.2) is 46.8 Å². The summed E-state index contributed by atoms with van der Waals surface area (Å²) in [7, 11) is -2.05. The average Bonchev–Trinajstić information content (AvgIpc) is 2.86. The van der Waals surface area contributed by atoms with Crippen molar-refractivity contribution in [2.75, 3.05) is 5.75 Å². The van der Waals surface area contributed by atoms with Crippen LogP contribution in [-0.2, 0) is 29.3 Å². The highest BCUT2D eigenvalue weighted by molar-refractivity contribution is 8.76. The third kappa shape index (κ3) is 5.73. The third-order valence-corrected chi connectivity index (χ3v) is 6.73. The van der Waals surface area contributed by atoms with Crippen molar-refractivity contribution >= 4 is 49.5 Å². The number of hydroxylamine groups is 2. The van der Waals surface area contributed by atoms with E-state index >= 15 is 0 Å². The first kappa shape index (κ1) is 19.8. The summed E-state index contributed by atoms with van der Waals surface area (Å²) >= 11 is 0. The molecule has 136 valence electrons. The van der Waals surface area contributed by atoms with Gasteiger partial charge in [0.2, 0.25) is 0 Å². The molecule has 0 aromatic heterocycles. The Morgan fingerprint density at radius 3 is 2.36 bits per heavy atom. The highest BCUT2D eigenvalue weighted by atomic mass is 33.1. The van der Waals surface area contributed by atoms with Gasteiger partial charge in [0.05, 0.1) is 0 Å². The summed E-state index contributed by atoms with van der Waals surface area (Å²) in [6.07, 6.45) is -0.434. The Hall–Kier alpha value is -1.56. The van der Waals surface area contributed by atoms with Crippen LogP contribution in [0.1, 0.15) is 19.3 Å². The first-order chi connectivity index (χ1) is 11.8. The molecule has 1 fully saturated rings. The standard InChI is InChI=1S/C14H15NO7S3/c16-12-6-7-13(17)15(12)22-14(18)11(25(19,20)21)8-9-23-24-10-4-2-1-3-5-10/h1-5,11H,6-9H2,(H,19,20,21). The molecule has 1 saturated heterocycles. The van der Waals surface area contributed by atoms with E-state index in [2.05, 4.69) is 4.84 Å². The first-order valence-corrected chi connectivity index (χ1v) is 11.0. The summed E-state index contributed by atoms with van der Waals surface area (Å²) in [5.74, 6) is -2.57. The number of rotatable bonds is 8. The number of carbonyl (C=O) groups is 3. The zero-order chi connectivity index (χ0) is 18.4. The van der Waals surface area contributed by atoms with Crippen LogP contribution in [0.25, 0.3) is 0 Å². The van der Waals surface area contributed by atoms with Gasteiger partial charge in [0.15, 0.2) is 5.25 Å². The summed E-state index contributed by atoms with van der Waals surface area (Å²) in [4.78, 5) is 40.3. The quantitative estimate of drug-likeness (QED) is 0.298. The van der Waals surface area contributed by atoms with Gasteiger partial charge in [-0.05, 0) is 18.6 Å². The van der Waals surface area contributed by atoms with Gasteiger partial charge in [0.25, 0.3) is 21.9 Å². The number of hydrogen-bond acceptors (Lipinski definition) is 8. The predicted octanol–water partition coefficient (Wildman–Crippen LogP) is 1.68. The molecule has 1 N–H and O–H groups in total. The number of nitrogens with zero attached hydrogens (tertiary/aromatic N) is 1. The van der Waals surface area contributed by atoms with Gasteiger partial charge in [-0.15, -0.1) is 5.06 Å². The number of carbonyl (C=O) groups excluding carboxylic acids is 3. The molecule has 1 aromatic carbocycles. The van der Waals surface area contributed by atoms with E-state index in [1.165, 1.54) is 21.6 Å². The molecule has 0 radical (unpaired) electrons. The molecule has 1 aliphatic heterocycles. The van der Waals surface area contributed by atoms with Gasteiger partial charge in [0.1, 0.15) is 0 Å². The Balaban J connectivity index is 1.91. The van der Waals surface area contributed by atoms with Crippen molar-refractivity contribution in [1.29, 1.82) is 0 Å². The highest BCUT2D eigenvalue weighted by Crippen LogP contribution is 2.31. The minimum atomic E-state index is -4.73. The second-order valence-electron chi connectivity index (χ2n) is 5.00. The van der Waals surface area contributed by atoms with Gasteiger partial charge in [-0.3, -0.25) is 14.1 Å². The Morgan fingerprint density at radius 1 is 1.20 bits per heavy atom. The molecule has 1 aromatic rings. The molecule has 25 heavy (non-hydrogen) atoms. The van der Waals surface area contributed by atoms with Gasteiger partial charge >= 0.3 is 5.97 Å². The van der Waals surface area contributed by atoms with E-state index in [9.17, 15) is 27.4 Å². The van der Waals surface area contributed by atoms with Crippen LogP contribution in [0.2, 0.25) is 0 Å². The lowest BCUT2D eigenvalue weighted by Crippen LogP contribution is -2.39. The number of imide groups is 1. The summed E-state index contributed by atoms with van der Waals surface area (Å²) in [5, 5.41) is -1.61. The van der Waals surface area contributed by atoms with Crippen LogP contribution in [0.3, 0.4) is 0 Å². The third-order valence-electron chi connectivity index (χ3n) is 3.17. The molecular formula is C14H15NO7S3. The van der Waals surface area contributed by atoms with Crippen molar-refractivity contribution in [3.05, 3.63) is 30.3 Å². The van der Waals surface area contributed by atoms with E-state index in [0.29, 0.717) is 0 Å². The minimum Gasteiger partial charge on any atom is -0.329 e. The zero-order valence-electron chi connectivity index (χ0n) is 12.9. The summed E-state index contributed by atoms with van der Waals surface area (Å²) in [5.41, 5.74) is 0. The Bertz CT molecular complexity index is 735. The van der Waals surface area contributed by atoms with E-state index in [-0.39, 0.29) is 30.1 Å². The zero-order valence-corrected chi connectivity index (χ0v) is 15.3. The van der Waals surface area contributed by atoms with Crippen LogP contribution < -0.4 is 0 Å². The monoisotopic (exact) mass is 405 g/mol. The lowest BCUT2D eigenvalue weighted by Gasteiger charge is -2.17. The van der Waals surface area contributed by atoms with Gasteiger partial charge < -0.3 is 4.84 Å². The van der Waals surface area contributed by atoms with Crippen molar-refractivity contribution < 1.29 is 32.2 Å². The van der Waals surface area contributed by atoms with Crippen LogP contribution in [0.15, 0.2) is 35.2 Å². The molecule has 1 atom stereocenters. The molecule has 0 spiro atoms. The fraction of sp³-hybridized carbons (Fsp3) is 0.357. The number of hydrogen-bond donors (Lipinski definition) is 1. The SMILES string of the molecule is O=C(ON1C(=O)CCC1=O)C(CCSSc1ccccc1)S(=O)(=O)O. The Kier molecular flexibility index (Phi) is 6.87. The first-order valence-electron chi connectivity index (χ1n) is 7.17. The fourth-order valence-corrected chi connectivity index (χ4v) is 4.89. The number of benzene rings is 1. The van der Waals surface area contributed by atoms with Crippen molar-refractivity contribution in [1.82, 2.24) is 5.06 Å². The summed E-state index contributed by atoms with van der Waals surface area (Å²) < 4.78 is 32.1. The molecule has 1 aliphatic rings. The van der Waals surface area contributed by atoms with E-state index in [1.807, 2.05) is 30.3 Å². The largest absolute Gasteiger partial charge is 0.353 e. The maximum atomic E-state index is 12.0. The minimum absolute atomic E-state index is 0.105. The maximum Gasteiger partial charge on any atom is 0.353 e. The van der Waals surface area contributed by atoms with E-state index in [0.717, 1.165) is 4.90 Å². The molecule has 1 heterocycles. The lowest BCUT2D eigenvalue weighted by atomic mass is 10.3. The van der Waals surface area contributed by atoms with Gasteiger partial charge in [0, 0.05) is 23.5 Å². The number of amides is 2. The van der Waals surface area contributed by atoms with Crippen LogP contribution in [0, 0.1) is 0 Å². The Morgan fingerprint density at radius 2 is 1.80 bits per heavy atom. The molecule has 1 unspecified atom stereocenters. The van der Waals surface area contributed by atoms with Crippen molar-refractivity contribution in [2.45, 2.75) is 29.4 Å². The molecule has 8 nitrogen and oxygen atoms in total. The van der Waals surface area contributed by atoms with E-state index in [4.69, 9.17) is 0 Å². The van der Waals surface area contributed by atoms with E-state index in [1.54, 1.807) is 0 Å². The fourth-order valence-electron chi connectivity index (χ4n) is 1.94. The van der Waals surface area contributed by atoms with Crippen LogP contribution in [0.5, 0.6) is 0 Å². The van der Waals surface area contributed by atoms with Crippen molar-refractivity contribution in [2.24, 2.45) is 0 Å². The predicted molar refractivity (Wildman–Crippen MR) is 91.9 cm³/mol. The normalized spacial score (nSPS) is 16.1. The van der Waals surface area contributed by atoms with Crippen LogP contribution >= 0.6 is 21.6 Å². The molecule has 0 aliphatic carbocycles. The van der Waals surface area contributed by atoms with Crippen molar-refractivity contribution in [3.8, 4) is 0 Å². The van der Waals surface area contributed by atoms with E-state index < -0.39 is 33.2 Å². The van der Waals surface area contributed by atoms with Gasteiger partial charge in [-0.25, -0.2) is 4.79 Å².